The number of hydrogen-bond acceptors (Lipinski definition) is 4. The molecule has 27 heavy (non-hydrogen) atoms. The van der Waals surface area contributed by atoms with E-state index >= 15 is 0 Å². The first-order valence-electron chi connectivity index (χ1n) is 9.67. The summed E-state index contributed by atoms with van der Waals surface area (Å²) in [6.45, 7) is 4.27. The number of rotatable bonds is 2. The molecule has 1 aliphatic carbocycles. The fraction of sp³-hybridized carbons (Fsp3) is 0.391. The first-order chi connectivity index (χ1) is 13.2. The summed E-state index contributed by atoms with van der Waals surface area (Å²) in [5.74, 6) is 2.01. The van der Waals surface area contributed by atoms with Crippen molar-refractivity contribution < 1.29 is 4.74 Å². The van der Waals surface area contributed by atoms with Gasteiger partial charge in [-0.3, -0.25) is 0 Å². The molecule has 0 amide bonds. The Morgan fingerprint density at radius 3 is 2.78 bits per heavy atom. The third-order valence-electron chi connectivity index (χ3n) is 5.66. The van der Waals surface area contributed by atoms with Crippen LogP contribution in [0.25, 0.3) is 0 Å². The predicted molar refractivity (Wildman–Crippen MR) is 104 cm³/mol. The first kappa shape index (κ1) is 17.4. The average molecular weight is 357 g/mol. The molecule has 4 heteroatoms. The Labute approximate surface area is 160 Å². The molecule has 0 saturated carbocycles. The van der Waals surface area contributed by atoms with Crippen LogP contribution in [0, 0.1) is 28.6 Å². The number of nitrogens with zero attached hydrogens (tertiary/aromatic N) is 3. The van der Waals surface area contributed by atoms with Crippen molar-refractivity contribution >= 4 is 0 Å². The first-order valence-corrected chi connectivity index (χ1v) is 9.67. The second kappa shape index (κ2) is 7.33. The van der Waals surface area contributed by atoms with E-state index in [2.05, 4.69) is 17.1 Å². The zero-order chi connectivity index (χ0) is 18.8. The molecular formula is C23H23N3O. The highest BCUT2D eigenvalue weighted by atomic mass is 16.5. The van der Waals surface area contributed by atoms with Crippen molar-refractivity contribution in [2.24, 2.45) is 5.92 Å². The summed E-state index contributed by atoms with van der Waals surface area (Å²) in [5.41, 5.74) is 5.18. The van der Waals surface area contributed by atoms with Gasteiger partial charge in [0, 0.05) is 30.3 Å². The molecule has 4 nitrogen and oxygen atoms in total. The van der Waals surface area contributed by atoms with Crippen LogP contribution in [0.5, 0.6) is 0 Å². The van der Waals surface area contributed by atoms with E-state index in [0.717, 1.165) is 6.42 Å². The van der Waals surface area contributed by atoms with Crippen LogP contribution in [0.4, 0.5) is 0 Å². The number of nitriles is 2. The Hall–Kier alpha value is -2.98. The van der Waals surface area contributed by atoms with Gasteiger partial charge >= 0.3 is 0 Å². The second-order valence-corrected chi connectivity index (χ2v) is 7.55. The SMILES string of the molecule is CC1=CC(=C(C#N)C#N)C=C(/C=C/C2=CC3=C4C(CCCN4CCC3)C2)O1. The molecular weight excluding hydrogens is 334 g/mol. The van der Waals surface area contributed by atoms with E-state index in [0.29, 0.717) is 23.0 Å². The Morgan fingerprint density at radius 2 is 1.96 bits per heavy atom. The minimum absolute atomic E-state index is 0.111. The highest BCUT2D eigenvalue weighted by Gasteiger charge is 2.32. The van der Waals surface area contributed by atoms with E-state index in [-0.39, 0.29) is 5.57 Å². The molecule has 136 valence electrons. The minimum atomic E-state index is 0.111. The molecule has 0 aromatic heterocycles. The lowest BCUT2D eigenvalue weighted by Gasteiger charge is -2.43. The van der Waals surface area contributed by atoms with Gasteiger partial charge in [-0.2, -0.15) is 10.5 Å². The highest BCUT2D eigenvalue weighted by Crippen LogP contribution is 2.42. The van der Waals surface area contributed by atoms with Gasteiger partial charge in [0.05, 0.1) is 0 Å². The lowest BCUT2D eigenvalue weighted by Crippen LogP contribution is -2.38. The standard InChI is InChI=1S/C23H23N3O/c1-16-10-20(21(14-24)15-25)13-22(27-16)7-6-17-11-18-4-2-8-26-9-3-5-19(12-17)23(18)26/h6-7,10-11,13,19H,2-5,8-9,12H2,1H3/b7-6+. The van der Waals surface area contributed by atoms with Gasteiger partial charge in [-0.25, -0.2) is 0 Å². The summed E-state index contributed by atoms with van der Waals surface area (Å²) in [5, 5.41) is 18.2. The topological polar surface area (TPSA) is 60.0 Å². The smallest absolute Gasteiger partial charge is 0.137 e. The summed E-state index contributed by atoms with van der Waals surface area (Å²) in [4.78, 5) is 2.60. The van der Waals surface area contributed by atoms with Crippen LogP contribution in [-0.4, -0.2) is 18.0 Å². The summed E-state index contributed by atoms with van der Waals surface area (Å²) >= 11 is 0. The van der Waals surface area contributed by atoms with Gasteiger partial charge in [0.15, 0.2) is 0 Å². The maximum absolute atomic E-state index is 9.11. The molecule has 0 aromatic carbocycles. The van der Waals surface area contributed by atoms with Crippen LogP contribution in [0.1, 0.15) is 39.0 Å². The quantitative estimate of drug-likeness (QED) is 0.666. The normalized spacial score (nSPS) is 24.3. The Morgan fingerprint density at radius 1 is 1.15 bits per heavy atom. The lowest BCUT2D eigenvalue weighted by atomic mass is 9.78. The summed E-state index contributed by atoms with van der Waals surface area (Å²) in [6, 6.07) is 3.90. The molecule has 4 rings (SSSR count). The van der Waals surface area contributed by atoms with Crippen LogP contribution < -0.4 is 0 Å². The monoisotopic (exact) mass is 357 g/mol. The zero-order valence-corrected chi connectivity index (χ0v) is 15.7. The van der Waals surface area contributed by atoms with Crippen LogP contribution in [0.2, 0.25) is 0 Å². The second-order valence-electron chi connectivity index (χ2n) is 7.55. The number of hydrogen-bond donors (Lipinski definition) is 0. The third-order valence-corrected chi connectivity index (χ3v) is 5.66. The van der Waals surface area contributed by atoms with E-state index in [1.165, 1.54) is 49.9 Å². The van der Waals surface area contributed by atoms with Crippen molar-refractivity contribution in [3.63, 3.8) is 0 Å². The Bertz CT molecular complexity index is 912. The van der Waals surface area contributed by atoms with Crippen LogP contribution >= 0.6 is 0 Å². The molecule has 3 heterocycles. The lowest BCUT2D eigenvalue weighted by molar-refractivity contribution is 0.219. The van der Waals surface area contributed by atoms with Gasteiger partial charge < -0.3 is 9.64 Å². The van der Waals surface area contributed by atoms with Gasteiger partial charge in [0.2, 0.25) is 0 Å². The van der Waals surface area contributed by atoms with Gasteiger partial charge in [0.1, 0.15) is 29.2 Å². The van der Waals surface area contributed by atoms with E-state index in [1.54, 1.807) is 17.8 Å². The molecule has 1 fully saturated rings. The number of allylic oxidation sites excluding steroid dienone is 11. The van der Waals surface area contributed by atoms with Crippen molar-refractivity contribution in [3.05, 3.63) is 69.9 Å². The molecule has 0 aromatic rings. The Kier molecular flexibility index (Phi) is 4.73. The van der Waals surface area contributed by atoms with E-state index in [9.17, 15) is 0 Å². The average Bonchev–Trinajstić information content (AvgIpc) is 2.67. The molecule has 0 radical (unpaired) electrons. The predicted octanol–water partition coefficient (Wildman–Crippen LogP) is 4.79. The van der Waals surface area contributed by atoms with Crippen LogP contribution in [0.3, 0.4) is 0 Å². The largest absolute Gasteiger partial charge is 0.462 e. The Balaban J connectivity index is 1.60. The molecule has 3 aliphatic heterocycles. The fourth-order valence-electron chi connectivity index (χ4n) is 4.59. The summed E-state index contributed by atoms with van der Waals surface area (Å²) in [6.07, 6.45) is 16.0. The van der Waals surface area contributed by atoms with E-state index in [4.69, 9.17) is 15.3 Å². The molecule has 4 aliphatic rings. The highest BCUT2D eigenvalue weighted by molar-refractivity contribution is 5.53. The molecule has 0 bridgehead atoms. The molecule has 1 saturated heterocycles. The van der Waals surface area contributed by atoms with Gasteiger partial charge in [0.25, 0.3) is 0 Å². The molecule has 0 spiro atoms. The molecule has 0 N–H and O–H groups in total. The van der Waals surface area contributed by atoms with Crippen molar-refractivity contribution in [2.75, 3.05) is 13.1 Å². The maximum Gasteiger partial charge on any atom is 0.137 e. The van der Waals surface area contributed by atoms with Gasteiger partial charge in [-0.05, 0) is 68.4 Å². The number of piperidine rings is 1. The third kappa shape index (κ3) is 3.49. The van der Waals surface area contributed by atoms with Gasteiger partial charge in [-0.15, -0.1) is 0 Å². The number of ether oxygens (including phenoxy) is 1. The molecule has 1 atom stereocenters. The van der Waals surface area contributed by atoms with Crippen molar-refractivity contribution in [1.82, 2.24) is 4.90 Å². The van der Waals surface area contributed by atoms with Gasteiger partial charge in [-0.1, -0.05) is 12.2 Å². The van der Waals surface area contributed by atoms with Crippen molar-refractivity contribution in [2.45, 2.75) is 39.0 Å². The summed E-state index contributed by atoms with van der Waals surface area (Å²) < 4.78 is 5.77. The van der Waals surface area contributed by atoms with Crippen molar-refractivity contribution in [1.29, 1.82) is 10.5 Å². The fourth-order valence-corrected chi connectivity index (χ4v) is 4.59. The zero-order valence-electron chi connectivity index (χ0n) is 15.7. The van der Waals surface area contributed by atoms with Crippen LogP contribution in [-0.2, 0) is 4.74 Å². The molecule has 1 unspecified atom stereocenters. The van der Waals surface area contributed by atoms with Crippen molar-refractivity contribution in [3.8, 4) is 12.1 Å². The van der Waals surface area contributed by atoms with E-state index < -0.39 is 0 Å². The minimum Gasteiger partial charge on any atom is -0.462 e. The summed E-state index contributed by atoms with van der Waals surface area (Å²) in [7, 11) is 0. The van der Waals surface area contributed by atoms with Crippen LogP contribution in [0.15, 0.2) is 69.9 Å². The van der Waals surface area contributed by atoms with E-state index in [1.807, 2.05) is 25.1 Å². The maximum atomic E-state index is 9.11.